The summed E-state index contributed by atoms with van der Waals surface area (Å²) < 4.78 is 11.6. The molecule has 0 atom stereocenters. The summed E-state index contributed by atoms with van der Waals surface area (Å²) in [7, 11) is 1.94. The lowest BCUT2D eigenvalue weighted by atomic mass is 9.94. The van der Waals surface area contributed by atoms with Gasteiger partial charge < -0.3 is 19.7 Å². The van der Waals surface area contributed by atoms with Crippen LogP contribution in [0.25, 0.3) is 5.57 Å². The van der Waals surface area contributed by atoms with E-state index in [2.05, 4.69) is 11.4 Å². The van der Waals surface area contributed by atoms with E-state index in [1.165, 1.54) is 6.07 Å². The van der Waals surface area contributed by atoms with E-state index in [0.29, 0.717) is 19.0 Å². The Morgan fingerprint density at radius 2 is 2.08 bits per heavy atom. The molecule has 1 N–H and O–H groups in total. The highest BCUT2D eigenvalue weighted by Gasteiger charge is 2.26. The molecule has 7 nitrogen and oxygen atoms in total. The molecule has 7 heteroatoms. The van der Waals surface area contributed by atoms with E-state index in [-0.39, 0.29) is 16.7 Å². The van der Waals surface area contributed by atoms with Crippen molar-refractivity contribution in [3.8, 4) is 5.75 Å². The Morgan fingerprint density at radius 3 is 2.85 bits per heavy atom. The van der Waals surface area contributed by atoms with Crippen molar-refractivity contribution < 1.29 is 14.4 Å². The molecule has 0 amide bonds. The molecule has 0 aliphatic carbocycles. The SMILES string of the molecule is CN1C=C2NCC=C2C(c2cc([N+](=O)[O-])ccc2OC2CCOCC2)=C1. The first kappa shape index (κ1) is 16.7. The third-order valence-corrected chi connectivity index (χ3v) is 4.77. The maximum absolute atomic E-state index is 11.3. The minimum absolute atomic E-state index is 0.0607. The number of nitrogens with zero attached hydrogens (tertiary/aromatic N) is 2. The Hall–Kier alpha value is -2.80. The summed E-state index contributed by atoms with van der Waals surface area (Å²) in [6.45, 7) is 2.11. The summed E-state index contributed by atoms with van der Waals surface area (Å²) in [6, 6.07) is 4.82. The van der Waals surface area contributed by atoms with Crippen LogP contribution in [0.3, 0.4) is 0 Å². The first-order valence-electron chi connectivity index (χ1n) is 8.75. The van der Waals surface area contributed by atoms with Crippen molar-refractivity contribution in [2.24, 2.45) is 0 Å². The Balaban J connectivity index is 1.75. The van der Waals surface area contributed by atoms with E-state index in [0.717, 1.165) is 41.8 Å². The van der Waals surface area contributed by atoms with Gasteiger partial charge in [-0.05, 0) is 6.07 Å². The van der Waals surface area contributed by atoms with Crippen molar-refractivity contribution in [1.29, 1.82) is 0 Å². The van der Waals surface area contributed by atoms with Crippen LogP contribution in [0.15, 0.2) is 47.9 Å². The van der Waals surface area contributed by atoms with Gasteiger partial charge in [-0.1, -0.05) is 6.08 Å². The average molecular weight is 355 g/mol. The van der Waals surface area contributed by atoms with E-state index in [1.807, 2.05) is 24.3 Å². The quantitative estimate of drug-likeness (QED) is 0.661. The second-order valence-corrected chi connectivity index (χ2v) is 6.62. The van der Waals surface area contributed by atoms with Gasteiger partial charge in [0, 0.05) is 67.7 Å². The summed E-state index contributed by atoms with van der Waals surface area (Å²) in [6.07, 6.45) is 7.81. The number of nitrogens with one attached hydrogen (secondary N) is 1. The number of rotatable bonds is 4. The zero-order valence-corrected chi connectivity index (χ0v) is 14.6. The van der Waals surface area contributed by atoms with Gasteiger partial charge in [0.2, 0.25) is 0 Å². The molecular weight excluding hydrogens is 334 g/mol. The molecule has 3 aliphatic rings. The first-order chi connectivity index (χ1) is 12.6. The van der Waals surface area contributed by atoms with Crippen LogP contribution in [0.5, 0.6) is 5.75 Å². The molecule has 0 unspecified atom stereocenters. The maximum atomic E-state index is 11.3. The van der Waals surface area contributed by atoms with Gasteiger partial charge in [-0.25, -0.2) is 0 Å². The zero-order valence-electron chi connectivity index (χ0n) is 14.6. The Labute approximate surface area is 151 Å². The molecule has 1 fully saturated rings. The van der Waals surface area contributed by atoms with E-state index < -0.39 is 0 Å². The molecule has 0 bridgehead atoms. The van der Waals surface area contributed by atoms with Crippen molar-refractivity contribution in [3.05, 3.63) is 63.6 Å². The van der Waals surface area contributed by atoms with Crippen molar-refractivity contribution in [3.63, 3.8) is 0 Å². The van der Waals surface area contributed by atoms with E-state index >= 15 is 0 Å². The van der Waals surface area contributed by atoms with Crippen LogP contribution in [-0.2, 0) is 4.74 Å². The Kier molecular flexibility index (Phi) is 4.38. The topological polar surface area (TPSA) is 76.9 Å². The first-order valence-corrected chi connectivity index (χ1v) is 8.75. The van der Waals surface area contributed by atoms with Gasteiger partial charge in [0.15, 0.2) is 0 Å². The number of benzene rings is 1. The summed E-state index contributed by atoms with van der Waals surface area (Å²) in [5.74, 6) is 0.677. The number of hydrogen-bond donors (Lipinski definition) is 1. The monoisotopic (exact) mass is 355 g/mol. The van der Waals surface area contributed by atoms with Crippen molar-refractivity contribution in [2.45, 2.75) is 18.9 Å². The van der Waals surface area contributed by atoms with Crippen LogP contribution in [0.1, 0.15) is 18.4 Å². The number of allylic oxidation sites excluding steroid dienone is 1. The molecule has 3 heterocycles. The van der Waals surface area contributed by atoms with Crippen molar-refractivity contribution in [2.75, 3.05) is 26.8 Å². The van der Waals surface area contributed by atoms with Crippen LogP contribution in [0.2, 0.25) is 0 Å². The van der Waals surface area contributed by atoms with Gasteiger partial charge in [0.05, 0.1) is 23.8 Å². The fourth-order valence-corrected chi connectivity index (χ4v) is 3.49. The molecule has 4 rings (SSSR count). The smallest absolute Gasteiger partial charge is 0.270 e. The lowest BCUT2D eigenvalue weighted by molar-refractivity contribution is -0.384. The highest BCUT2D eigenvalue weighted by atomic mass is 16.6. The zero-order chi connectivity index (χ0) is 18.1. The number of non-ortho nitro benzene ring substituents is 1. The highest BCUT2D eigenvalue weighted by molar-refractivity contribution is 5.88. The van der Waals surface area contributed by atoms with Gasteiger partial charge in [0.1, 0.15) is 11.9 Å². The molecule has 26 heavy (non-hydrogen) atoms. The predicted molar refractivity (Wildman–Crippen MR) is 97.5 cm³/mol. The van der Waals surface area contributed by atoms with Gasteiger partial charge in [-0.2, -0.15) is 0 Å². The standard InChI is InChI=1S/C19H21N3O4/c1-21-11-17(15-4-7-20-18(15)12-21)16-10-13(22(23)24)2-3-19(16)26-14-5-8-25-9-6-14/h2-4,10-12,14,20H,5-9H2,1H3. The van der Waals surface area contributed by atoms with E-state index in [9.17, 15) is 10.1 Å². The third kappa shape index (κ3) is 3.17. The molecule has 3 aliphatic heterocycles. The minimum Gasteiger partial charge on any atom is -0.490 e. The minimum atomic E-state index is -0.368. The van der Waals surface area contributed by atoms with Crippen molar-refractivity contribution >= 4 is 11.3 Å². The summed E-state index contributed by atoms with van der Waals surface area (Å²) in [5.41, 5.74) is 3.82. The van der Waals surface area contributed by atoms with Crippen molar-refractivity contribution in [1.82, 2.24) is 10.2 Å². The summed E-state index contributed by atoms with van der Waals surface area (Å²) >= 11 is 0. The van der Waals surface area contributed by atoms with E-state index in [4.69, 9.17) is 9.47 Å². The van der Waals surface area contributed by atoms with Crippen LogP contribution in [0.4, 0.5) is 5.69 Å². The number of hydrogen-bond acceptors (Lipinski definition) is 6. The second kappa shape index (κ2) is 6.84. The molecule has 0 radical (unpaired) electrons. The lowest BCUT2D eigenvalue weighted by Gasteiger charge is -2.27. The average Bonchev–Trinajstić information content (AvgIpc) is 3.10. The Morgan fingerprint density at radius 1 is 1.27 bits per heavy atom. The van der Waals surface area contributed by atoms with Crippen LogP contribution in [-0.4, -0.2) is 42.7 Å². The molecule has 1 aromatic rings. The third-order valence-electron chi connectivity index (χ3n) is 4.77. The Bertz CT molecular complexity index is 822. The molecular formula is C19H21N3O4. The summed E-state index contributed by atoms with van der Waals surface area (Å²) in [5, 5.41) is 14.6. The largest absolute Gasteiger partial charge is 0.490 e. The fourth-order valence-electron chi connectivity index (χ4n) is 3.49. The molecule has 1 saturated heterocycles. The van der Waals surface area contributed by atoms with Gasteiger partial charge in [-0.3, -0.25) is 10.1 Å². The number of nitro benzene ring substituents is 1. The lowest BCUT2D eigenvalue weighted by Crippen LogP contribution is -2.26. The molecule has 136 valence electrons. The molecule has 0 spiro atoms. The van der Waals surface area contributed by atoms with Crippen LogP contribution >= 0.6 is 0 Å². The highest BCUT2D eigenvalue weighted by Crippen LogP contribution is 2.40. The fraction of sp³-hybridized carbons (Fsp3) is 0.368. The van der Waals surface area contributed by atoms with Crippen LogP contribution < -0.4 is 10.1 Å². The number of fused-ring (bicyclic) bond motifs is 1. The van der Waals surface area contributed by atoms with Crippen LogP contribution in [0, 0.1) is 10.1 Å². The molecule has 0 saturated carbocycles. The van der Waals surface area contributed by atoms with Gasteiger partial charge in [-0.15, -0.1) is 0 Å². The second-order valence-electron chi connectivity index (χ2n) is 6.62. The molecule has 0 aromatic heterocycles. The van der Waals surface area contributed by atoms with Gasteiger partial charge >= 0.3 is 0 Å². The normalized spacial score (nSPS) is 19.9. The number of nitro groups is 1. The maximum Gasteiger partial charge on any atom is 0.270 e. The number of ether oxygens (including phenoxy) is 2. The predicted octanol–water partition coefficient (Wildman–Crippen LogP) is 2.81. The van der Waals surface area contributed by atoms with E-state index in [1.54, 1.807) is 12.1 Å². The molecule has 1 aromatic carbocycles. The van der Waals surface area contributed by atoms with Gasteiger partial charge in [0.25, 0.3) is 5.69 Å². The summed E-state index contributed by atoms with van der Waals surface area (Å²) in [4.78, 5) is 12.9.